The van der Waals surface area contributed by atoms with Crippen LogP contribution in [0.1, 0.15) is 43.1 Å². The van der Waals surface area contributed by atoms with Gasteiger partial charge in [0.1, 0.15) is 11.5 Å². The first-order valence-corrected chi connectivity index (χ1v) is 6.20. The molecular weight excluding hydrogens is 250 g/mol. The standard InChI is InChI=1S/C13H19N3O.ClH/c1-9-5-2-3-6-10(9)16-13(17)11-7-4-8-12(14)15-11;/h4,7-10H,2-3,5-6H2,1H3,(H2,14,15)(H,16,17);1H. The van der Waals surface area contributed by atoms with Crippen molar-refractivity contribution in [1.29, 1.82) is 0 Å². The number of nitrogens with one attached hydrogen (secondary N) is 1. The van der Waals surface area contributed by atoms with E-state index < -0.39 is 0 Å². The highest BCUT2D eigenvalue weighted by Crippen LogP contribution is 2.23. The fraction of sp³-hybridized carbons (Fsp3) is 0.538. The van der Waals surface area contributed by atoms with Crippen molar-refractivity contribution in [2.24, 2.45) is 5.92 Å². The summed E-state index contributed by atoms with van der Waals surface area (Å²) in [6.07, 6.45) is 4.72. The van der Waals surface area contributed by atoms with Crippen molar-refractivity contribution in [3.63, 3.8) is 0 Å². The fourth-order valence-corrected chi connectivity index (χ4v) is 2.35. The molecule has 1 aliphatic rings. The molecule has 0 spiro atoms. The highest BCUT2D eigenvalue weighted by molar-refractivity contribution is 5.92. The molecule has 0 aromatic carbocycles. The molecule has 1 aromatic heterocycles. The smallest absolute Gasteiger partial charge is 0.270 e. The van der Waals surface area contributed by atoms with Crippen molar-refractivity contribution in [1.82, 2.24) is 10.3 Å². The lowest BCUT2D eigenvalue weighted by atomic mass is 9.86. The maximum atomic E-state index is 12.0. The molecule has 1 heterocycles. The molecule has 2 unspecified atom stereocenters. The van der Waals surface area contributed by atoms with Gasteiger partial charge >= 0.3 is 0 Å². The van der Waals surface area contributed by atoms with Crippen LogP contribution in [0.3, 0.4) is 0 Å². The predicted molar refractivity (Wildman–Crippen MR) is 74.8 cm³/mol. The molecule has 1 amide bonds. The number of nitrogens with two attached hydrogens (primary N) is 1. The normalized spacial score (nSPS) is 22.9. The Bertz CT molecular complexity index is 411. The van der Waals surface area contributed by atoms with Crippen LogP contribution < -0.4 is 11.1 Å². The number of hydrogen-bond acceptors (Lipinski definition) is 3. The van der Waals surface area contributed by atoms with Gasteiger partial charge in [0, 0.05) is 6.04 Å². The zero-order valence-corrected chi connectivity index (χ0v) is 11.4. The molecule has 0 bridgehead atoms. The SMILES string of the molecule is CC1CCCCC1NC(=O)c1cccc(N)n1.Cl. The van der Waals surface area contributed by atoms with Gasteiger partial charge in [0.15, 0.2) is 0 Å². The Labute approximate surface area is 114 Å². The van der Waals surface area contributed by atoms with E-state index in [-0.39, 0.29) is 24.4 Å². The van der Waals surface area contributed by atoms with E-state index >= 15 is 0 Å². The number of nitrogens with zero attached hydrogens (tertiary/aromatic N) is 1. The molecule has 0 radical (unpaired) electrons. The van der Waals surface area contributed by atoms with Crippen LogP contribution in [-0.2, 0) is 0 Å². The third-order valence-electron chi connectivity index (χ3n) is 3.43. The summed E-state index contributed by atoms with van der Waals surface area (Å²) in [6, 6.07) is 5.40. The summed E-state index contributed by atoms with van der Waals surface area (Å²) in [5.41, 5.74) is 5.97. The minimum atomic E-state index is -0.115. The molecule has 2 rings (SSSR count). The molecule has 18 heavy (non-hydrogen) atoms. The Kier molecular flexibility index (Phi) is 5.41. The monoisotopic (exact) mass is 269 g/mol. The van der Waals surface area contributed by atoms with Gasteiger partial charge in [-0.05, 0) is 30.9 Å². The number of rotatable bonds is 2. The van der Waals surface area contributed by atoms with Gasteiger partial charge in [-0.2, -0.15) is 0 Å². The number of anilines is 1. The van der Waals surface area contributed by atoms with E-state index in [0.29, 0.717) is 17.4 Å². The van der Waals surface area contributed by atoms with E-state index in [0.717, 1.165) is 6.42 Å². The lowest BCUT2D eigenvalue weighted by Gasteiger charge is -2.29. The highest BCUT2D eigenvalue weighted by Gasteiger charge is 2.23. The third-order valence-corrected chi connectivity index (χ3v) is 3.43. The minimum Gasteiger partial charge on any atom is -0.384 e. The van der Waals surface area contributed by atoms with Crippen LogP contribution in [0.5, 0.6) is 0 Å². The van der Waals surface area contributed by atoms with E-state index in [2.05, 4.69) is 17.2 Å². The first-order valence-electron chi connectivity index (χ1n) is 6.20. The molecule has 0 aliphatic heterocycles. The second kappa shape index (κ2) is 6.59. The summed E-state index contributed by atoms with van der Waals surface area (Å²) in [5.74, 6) is 0.819. The van der Waals surface area contributed by atoms with Crippen LogP contribution in [0, 0.1) is 5.92 Å². The second-order valence-corrected chi connectivity index (χ2v) is 4.79. The van der Waals surface area contributed by atoms with Crippen LogP contribution in [0.2, 0.25) is 0 Å². The van der Waals surface area contributed by atoms with Crippen LogP contribution in [0.15, 0.2) is 18.2 Å². The third kappa shape index (κ3) is 3.60. The number of halogens is 1. The maximum Gasteiger partial charge on any atom is 0.270 e. The van der Waals surface area contributed by atoms with Crippen LogP contribution >= 0.6 is 12.4 Å². The molecule has 0 saturated heterocycles. The average molecular weight is 270 g/mol. The lowest BCUT2D eigenvalue weighted by molar-refractivity contribution is 0.0905. The Morgan fingerprint density at radius 3 is 2.78 bits per heavy atom. The second-order valence-electron chi connectivity index (χ2n) is 4.79. The number of carbonyl (C=O) groups is 1. The highest BCUT2D eigenvalue weighted by atomic mass is 35.5. The van der Waals surface area contributed by atoms with Crippen molar-refractivity contribution in [2.45, 2.75) is 38.6 Å². The summed E-state index contributed by atoms with van der Waals surface area (Å²) < 4.78 is 0. The van der Waals surface area contributed by atoms with Gasteiger partial charge in [0.2, 0.25) is 0 Å². The molecule has 4 nitrogen and oxygen atoms in total. The van der Waals surface area contributed by atoms with E-state index in [1.807, 2.05) is 0 Å². The van der Waals surface area contributed by atoms with Gasteiger partial charge in [-0.3, -0.25) is 4.79 Å². The number of pyridine rings is 1. The molecule has 2 atom stereocenters. The maximum absolute atomic E-state index is 12.0. The Morgan fingerprint density at radius 1 is 1.39 bits per heavy atom. The predicted octanol–water partition coefficient (Wildman–Crippen LogP) is 2.39. The number of hydrogen-bond donors (Lipinski definition) is 2. The van der Waals surface area contributed by atoms with E-state index in [1.165, 1.54) is 19.3 Å². The topological polar surface area (TPSA) is 68.0 Å². The molecular formula is C13H20ClN3O. The molecule has 1 saturated carbocycles. The van der Waals surface area contributed by atoms with E-state index in [4.69, 9.17) is 5.73 Å². The molecule has 5 heteroatoms. The van der Waals surface area contributed by atoms with Gasteiger partial charge in [0.05, 0.1) is 0 Å². The van der Waals surface area contributed by atoms with Gasteiger partial charge < -0.3 is 11.1 Å². The van der Waals surface area contributed by atoms with Gasteiger partial charge in [0.25, 0.3) is 5.91 Å². The molecule has 1 aromatic rings. The molecule has 3 N–H and O–H groups in total. The zero-order valence-electron chi connectivity index (χ0n) is 10.6. The first kappa shape index (κ1) is 14.8. The van der Waals surface area contributed by atoms with Gasteiger partial charge in [-0.25, -0.2) is 4.98 Å². The van der Waals surface area contributed by atoms with E-state index in [9.17, 15) is 4.79 Å². The number of amides is 1. The summed E-state index contributed by atoms with van der Waals surface area (Å²) in [4.78, 5) is 16.0. The van der Waals surface area contributed by atoms with Crippen molar-refractivity contribution >= 4 is 24.1 Å². The Balaban J connectivity index is 0.00000162. The van der Waals surface area contributed by atoms with Crippen molar-refractivity contribution in [2.75, 3.05) is 5.73 Å². The van der Waals surface area contributed by atoms with Crippen molar-refractivity contribution < 1.29 is 4.79 Å². The van der Waals surface area contributed by atoms with Crippen LogP contribution in [-0.4, -0.2) is 16.9 Å². The number of nitrogen functional groups attached to an aromatic ring is 1. The fourth-order valence-electron chi connectivity index (χ4n) is 2.35. The lowest BCUT2D eigenvalue weighted by Crippen LogP contribution is -2.41. The van der Waals surface area contributed by atoms with Gasteiger partial charge in [-0.15, -0.1) is 12.4 Å². The van der Waals surface area contributed by atoms with Crippen LogP contribution in [0.4, 0.5) is 5.82 Å². The minimum absolute atomic E-state index is 0. The van der Waals surface area contributed by atoms with Crippen LogP contribution in [0.25, 0.3) is 0 Å². The molecule has 1 fully saturated rings. The average Bonchev–Trinajstić information content (AvgIpc) is 2.32. The largest absolute Gasteiger partial charge is 0.384 e. The number of aromatic nitrogens is 1. The quantitative estimate of drug-likeness (QED) is 0.866. The van der Waals surface area contributed by atoms with Crippen molar-refractivity contribution in [3.8, 4) is 0 Å². The number of carbonyl (C=O) groups excluding carboxylic acids is 1. The first-order chi connectivity index (χ1) is 8.16. The molecule has 100 valence electrons. The Hall–Kier alpha value is -1.29. The van der Waals surface area contributed by atoms with Crippen molar-refractivity contribution in [3.05, 3.63) is 23.9 Å². The Morgan fingerprint density at radius 2 is 2.11 bits per heavy atom. The molecule has 1 aliphatic carbocycles. The summed E-state index contributed by atoms with van der Waals surface area (Å²) in [5, 5.41) is 3.06. The summed E-state index contributed by atoms with van der Waals surface area (Å²) in [6.45, 7) is 2.19. The zero-order chi connectivity index (χ0) is 12.3. The summed E-state index contributed by atoms with van der Waals surface area (Å²) in [7, 11) is 0. The van der Waals surface area contributed by atoms with Gasteiger partial charge in [-0.1, -0.05) is 25.8 Å². The summed E-state index contributed by atoms with van der Waals surface area (Å²) >= 11 is 0. The van der Waals surface area contributed by atoms with E-state index in [1.54, 1.807) is 18.2 Å².